The molecule has 1 saturated heterocycles. The van der Waals surface area contributed by atoms with Crippen molar-refractivity contribution in [3.63, 3.8) is 0 Å². The van der Waals surface area contributed by atoms with Gasteiger partial charge in [0, 0.05) is 29.9 Å². The van der Waals surface area contributed by atoms with Gasteiger partial charge in [0.05, 0.1) is 13.2 Å². The van der Waals surface area contributed by atoms with E-state index in [2.05, 4.69) is 36.6 Å². The molecule has 0 unspecified atom stereocenters. The summed E-state index contributed by atoms with van der Waals surface area (Å²) in [5.74, 6) is 0.930. The van der Waals surface area contributed by atoms with E-state index < -0.39 is 0 Å². The Morgan fingerprint density at radius 2 is 2.08 bits per heavy atom. The highest BCUT2D eigenvalue weighted by Gasteiger charge is 2.24. The van der Waals surface area contributed by atoms with Gasteiger partial charge >= 0.3 is 0 Å². The molecule has 2 aliphatic rings. The summed E-state index contributed by atoms with van der Waals surface area (Å²) in [7, 11) is 0. The van der Waals surface area contributed by atoms with Gasteiger partial charge in [-0.3, -0.25) is 4.57 Å². The molecule has 5 rings (SSSR count). The number of aromatic nitrogens is 5. The number of hydrogen-bond acceptors (Lipinski definition) is 8. The van der Waals surface area contributed by atoms with Crippen molar-refractivity contribution < 1.29 is 4.74 Å². The quantitative estimate of drug-likeness (QED) is 0.637. The second kappa shape index (κ2) is 6.79. The number of aryl methyl sites for hydroxylation is 2. The van der Waals surface area contributed by atoms with Crippen LogP contribution in [0.25, 0.3) is 10.2 Å². The average molecular weight is 389 g/mol. The van der Waals surface area contributed by atoms with Crippen LogP contribution >= 0.6 is 23.1 Å². The highest BCUT2D eigenvalue weighted by molar-refractivity contribution is 7.99. The SMILES string of the molecule is CCn1c(Sc2ncnc3sc4c(c23)CCC4)nnc1N1CCOCC1. The van der Waals surface area contributed by atoms with Crippen molar-refractivity contribution in [3.8, 4) is 0 Å². The molecule has 1 fully saturated rings. The molecular formula is C17H20N6OS2. The van der Waals surface area contributed by atoms with E-state index in [9.17, 15) is 0 Å². The van der Waals surface area contributed by atoms with Crippen molar-refractivity contribution in [1.82, 2.24) is 24.7 Å². The fraction of sp³-hybridized carbons (Fsp3) is 0.529. The van der Waals surface area contributed by atoms with Gasteiger partial charge in [-0.25, -0.2) is 9.97 Å². The largest absolute Gasteiger partial charge is 0.378 e. The Balaban J connectivity index is 1.52. The summed E-state index contributed by atoms with van der Waals surface area (Å²) < 4.78 is 7.64. The van der Waals surface area contributed by atoms with Crippen LogP contribution in [0.1, 0.15) is 23.8 Å². The number of hydrogen-bond donors (Lipinski definition) is 0. The minimum absolute atomic E-state index is 0.743. The molecule has 9 heteroatoms. The first-order valence-electron chi connectivity index (χ1n) is 9.04. The summed E-state index contributed by atoms with van der Waals surface area (Å²) in [6.45, 7) is 6.17. The lowest BCUT2D eigenvalue weighted by molar-refractivity contribution is 0.121. The molecule has 0 bridgehead atoms. The van der Waals surface area contributed by atoms with E-state index in [0.717, 1.165) is 60.2 Å². The molecule has 1 aliphatic carbocycles. The number of rotatable bonds is 4. The summed E-state index contributed by atoms with van der Waals surface area (Å²) in [6, 6.07) is 0. The summed E-state index contributed by atoms with van der Waals surface area (Å²) >= 11 is 3.43. The predicted molar refractivity (Wildman–Crippen MR) is 102 cm³/mol. The van der Waals surface area contributed by atoms with Gasteiger partial charge in [-0.1, -0.05) is 0 Å². The number of nitrogens with zero attached hydrogens (tertiary/aromatic N) is 6. The first-order valence-corrected chi connectivity index (χ1v) is 10.7. The maximum atomic E-state index is 5.46. The van der Waals surface area contributed by atoms with Crippen molar-refractivity contribution in [2.45, 2.75) is 42.9 Å². The number of anilines is 1. The minimum atomic E-state index is 0.743. The topological polar surface area (TPSA) is 69.0 Å². The van der Waals surface area contributed by atoms with E-state index in [1.807, 2.05) is 11.3 Å². The number of ether oxygens (including phenoxy) is 1. The van der Waals surface area contributed by atoms with Crippen LogP contribution in [-0.4, -0.2) is 51.0 Å². The van der Waals surface area contributed by atoms with E-state index in [4.69, 9.17) is 4.74 Å². The van der Waals surface area contributed by atoms with E-state index in [-0.39, 0.29) is 0 Å². The first kappa shape index (κ1) is 16.5. The first-order chi connectivity index (χ1) is 12.8. The number of thiophene rings is 1. The third-order valence-electron chi connectivity index (χ3n) is 4.96. The molecule has 0 radical (unpaired) electrons. The zero-order valence-electron chi connectivity index (χ0n) is 14.6. The van der Waals surface area contributed by atoms with Crippen LogP contribution in [0.3, 0.4) is 0 Å². The number of fused-ring (bicyclic) bond motifs is 3. The van der Waals surface area contributed by atoms with Crippen LogP contribution < -0.4 is 4.90 Å². The summed E-state index contributed by atoms with van der Waals surface area (Å²) in [5, 5.41) is 12.1. The lowest BCUT2D eigenvalue weighted by Crippen LogP contribution is -2.38. The Bertz CT molecular complexity index is 946. The molecule has 3 aromatic heterocycles. The molecule has 0 aromatic carbocycles. The normalized spacial score (nSPS) is 17.2. The molecule has 0 N–H and O–H groups in total. The van der Waals surface area contributed by atoms with Crippen LogP contribution in [0.5, 0.6) is 0 Å². The molecule has 0 saturated carbocycles. The third kappa shape index (κ3) is 2.69. The summed E-state index contributed by atoms with van der Waals surface area (Å²) in [5.41, 5.74) is 1.45. The van der Waals surface area contributed by atoms with E-state index in [1.165, 1.54) is 28.7 Å². The zero-order chi connectivity index (χ0) is 17.5. The van der Waals surface area contributed by atoms with Gasteiger partial charge in [0.15, 0.2) is 5.16 Å². The lowest BCUT2D eigenvalue weighted by Gasteiger charge is -2.27. The fourth-order valence-corrected chi connectivity index (χ4v) is 5.98. The maximum Gasteiger partial charge on any atom is 0.228 e. The average Bonchev–Trinajstić information content (AvgIpc) is 3.36. The fourth-order valence-electron chi connectivity index (χ4n) is 3.69. The van der Waals surface area contributed by atoms with Gasteiger partial charge < -0.3 is 9.64 Å². The zero-order valence-corrected chi connectivity index (χ0v) is 16.3. The Hall–Kier alpha value is -1.71. The van der Waals surface area contributed by atoms with Gasteiger partial charge in [-0.05, 0) is 43.5 Å². The van der Waals surface area contributed by atoms with Crippen LogP contribution in [-0.2, 0) is 24.1 Å². The molecule has 3 aromatic rings. The van der Waals surface area contributed by atoms with Gasteiger partial charge in [0.2, 0.25) is 5.95 Å². The molecule has 7 nitrogen and oxygen atoms in total. The van der Waals surface area contributed by atoms with Crippen molar-refractivity contribution in [2.75, 3.05) is 31.2 Å². The molecule has 0 atom stereocenters. The Kier molecular flexibility index (Phi) is 4.30. The highest BCUT2D eigenvalue weighted by atomic mass is 32.2. The van der Waals surface area contributed by atoms with Crippen LogP contribution in [0, 0.1) is 0 Å². The van der Waals surface area contributed by atoms with Crippen LogP contribution in [0.15, 0.2) is 16.5 Å². The minimum Gasteiger partial charge on any atom is -0.378 e. The smallest absolute Gasteiger partial charge is 0.228 e. The highest BCUT2D eigenvalue weighted by Crippen LogP contribution is 2.41. The van der Waals surface area contributed by atoms with E-state index in [1.54, 1.807) is 18.1 Å². The van der Waals surface area contributed by atoms with Crippen molar-refractivity contribution in [1.29, 1.82) is 0 Å². The van der Waals surface area contributed by atoms with Gasteiger partial charge in [0.1, 0.15) is 16.2 Å². The van der Waals surface area contributed by atoms with Crippen LogP contribution in [0.2, 0.25) is 0 Å². The lowest BCUT2D eigenvalue weighted by atomic mass is 10.2. The van der Waals surface area contributed by atoms with Gasteiger partial charge in [-0.2, -0.15) is 0 Å². The maximum absolute atomic E-state index is 5.46. The second-order valence-electron chi connectivity index (χ2n) is 6.44. The van der Waals surface area contributed by atoms with Crippen LogP contribution in [0.4, 0.5) is 5.95 Å². The number of morpholine rings is 1. The van der Waals surface area contributed by atoms with E-state index in [0.29, 0.717) is 0 Å². The predicted octanol–water partition coefficient (Wildman–Crippen LogP) is 2.78. The Labute approximate surface area is 159 Å². The van der Waals surface area contributed by atoms with Gasteiger partial charge in [0.25, 0.3) is 0 Å². The van der Waals surface area contributed by atoms with Crippen molar-refractivity contribution >= 4 is 39.3 Å². The standard InChI is InChI=1S/C17H20N6OS2/c1-2-23-16(22-6-8-24-9-7-22)20-21-17(23)26-15-13-11-4-3-5-12(11)25-14(13)18-10-19-15/h10H,2-9H2,1H3. The molecule has 1 aliphatic heterocycles. The Morgan fingerprint density at radius 1 is 1.19 bits per heavy atom. The summed E-state index contributed by atoms with van der Waals surface area (Å²) in [4.78, 5) is 13.9. The molecule has 0 spiro atoms. The third-order valence-corrected chi connectivity index (χ3v) is 7.15. The second-order valence-corrected chi connectivity index (χ2v) is 8.48. The molecule has 136 valence electrons. The molecule has 4 heterocycles. The molecular weight excluding hydrogens is 368 g/mol. The van der Waals surface area contributed by atoms with Crippen molar-refractivity contribution in [3.05, 3.63) is 16.8 Å². The molecule has 0 amide bonds. The van der Waals surface area contributed by atoms with Gasteiger partial charge in [-0.15, -0.1) is 21.5 Å². The molecule has 26 heavy (non-hydrogen) atoms. The van der Waals surface area contributed by atoms with E-state index >= 15 is 0 Å². The van der Waals surface area contributed by atoms with Crippen molar-refractivity contribution in [2.24, 2.45) is 0 Å². The summed E-state index contributed by atoms with van der Waals surface area (Å²) in [6.07, 6.45) is 5.22. The Morgan fingerprint density at radius 3 is 2.92 bits per heavy atom. The monoisotopic (exact) mass is 388 g/mol.